The van der Waals surface area contributed by atoms with Gasteiger partial charge in [0.1, 0.15) is 11.8 Å². The Kier molecular flexibility index (Phi) is 9.49. The van der Waals surface area contributed by atoms with E-state index in [1.165, 1.54) is 0 Å². The van der Waals surface area contributed by atoms with Gasteiger partial charge >= 0.3 is 0 Å². The van der Waals surface area contributed by atoms with E-state index in [9.17, 15) is 14.4 Å². The summed E-state index contributed by atoms with van der Waals surface area (Å²) in [6.07, 6.45) is 7.26. The van der Waals surface area contributed by atoms with Crippen molar-refractivity contribution < 1.29 is 19.1 Å². The first-order valence-corrected chi connectivity index (χ1v) is 13.8. The van der Waals surface area contributed by atoms with Crippen molar-refractivity contribution >= 4 is 30.4 Å². The van der Waals surface area contributed by atoms with Crippen molar-refractivity contribution in [1.29, 1.82) is 0 Å². The second kappa shape index (κ2) is 13.0. The van der Waals surface area contributed by atoms with Crippen LogP contribution in [0.2, 0.25) is 0 Å². The summed E-state index contributed by atoms with van der Waals surface area (Å²) in [5.74, 6) is 1.18. The van der Waals surface area contributed by atoms with E-state index in [4.69, 9.17) is 4.74 Å². The van der Waals surface area contributed by atoms with Crippen LogP contribution in [0, 0.1) is 12.8 Å². The van der Waals surface area contributed by atoms with Crippen LogP contribution in [-0.2, 0) is 27.5 Å². The minimum atomic E-state index is -0.912. The summed E-state index contributed by atoms with van der Waals surface area (Å²) < 4.78 is 7.79. The number of nitrogens with one attached hydrogen (secondary N) is 2. The van der Waals surface area contributed by atoms with Crippen LogP contribution < -0.4 is 15.4 Å². The van der Waals surface area contributed by atoms with Gasteiger partial charge in [0, 0.05) is 50.8 Å². The molecule has 0 aliphatic carbocycles. The minimum Gasteiger partial charge on any atom is -0.494 e. The molecular weight excluding hydrogens is 490 g/mol. The predicted octanol–water partition coefficient (Wildman–Crippen LogP) is 2.79. The summed E-state index contributed by atoms with van der Waals surface area (Å²) >= 11 is 4.25. The third-order valence-corrected chi connectivity index (χ3v) is 7.42. The molecule has 3 amide bonds. The molecule has 0 radical (unpaired) electrons. The molecule has 1 fully saturated rings. The van der Waals surface area contributed by atoms with Gasteiger partial charge in [0.2, 0.25) is 17.7 Å². The third kappa shape index (κ3) is 7.50. The third-order valence-electron chi connectivity index (χ3n) is 7.11. The summed E-state index contributed by atoms with van der Waals surface area (Å²) in [6, 6.07) is 4.97. The van der Waals surface area contributed by atoms with E-state index in [-0.39, 0.29) is 30.6 Å². The average molecular weight is 528 g/mol. The number of fused-ring (bicyclic) bond motifs is 4. The fraction of sp³-hybridized carbons (Fsp3) is 0.556. The molecule has 0 spiro atoms. The topological polar surface area (TPSA) is 106 Å². The van der Waals surface area contributed by atoms with E-state index in [0.29, 0.717) is 37.7 Å². The van der Waals surface area contributed by atoms with Gasteiger partial charge in [0.15, 0.2) is 0 Å². The standard InChI is InChI=1S/C27H37N5O4S/c1-19-5-6-23-14-21(19)15-28-27(35)26(22-16-29-32(18-22)11-3-13-37)30-24(33)7-8-25(34)31-10-2-4-20(17-31)9-12-36-23/h5-6,14,16,18,20,26,37H,2-4,7-13,15,17H2,1H3,(H,28,35)(H,30,33). The summed E-state index contributed by atoms with van der Waals surface area (Å²) in [7, 11) is 0. The molecular formula is C27H37N5O4S. The second-order valence-electron chi connectivity index (χ2n) is 9.91. The van der Waals surface area contributed by atoms with Crippen molar-refractivity contribution in [3.8, 4) is 5.75 Å². The van der Waals surface area contributed by atoms with Gasteiger partial charge in [-0.25, -0.2) is 0 Å². The Morgan fingerprint density at radius 1 is 1.19 bits per heavy atom. The summed E-state index contributed by atoms with van der Waals surface area (Å²) in [5.41, 5.74) is 2.60. The van der Waals surface area contributed by atoms with Crippen LogP contribution in [0.3, 0.4) is 0 Å². The molecule has 9 nitrogen and oxygen atoms in total. The molecule has 2 aliphatic rings. The lowest BCUT2D eigenvalue weighted by atomic mass is 9.95. The number of piperidine rings is 1. The van der Waals surface area contributed by atoms with Gasteiger partial charge in [-0.15, -0.1) is 0 Å². The van der Waals surface area contributed by atoms with E-state index in [0.717, 1.165) is 54.9 Å². The van der Waals surface area contributed by atoms with E-state index < -0.39 is 6.04 Å². The number of carbonyl (C=O) groups excluding carboxylic acids is 3. The van der Waals surface area contributed by atoms with Gasteiger partial charge in [-0.1, -0.05) is 6.07 Å². The van der Waals surface area contributed by atoms with E-state index in [1.807, 2.05) is 30.0 Å². The Labute approximate surface area is 223 Å². The van der Waals surface area contributed by atoms with E-state index >= 15 is 0 Å². The lowest BCUT2D eigenvalue weighted by Crippen LogP contribution is -2.42. The zero-order chi connectivity index (χ0) is 26.2. The Balaban J connectivity index is 1.55. The number of thiol groups is 1. The van der Waals surface area contributed by atoms with Gasteiger partial charge in [0.25, 0.3) is 0 Å². The first-order valence-electron chi connectivity index (χ1n) is 13.1. The minimum absolute atomic E-state index is 0.0226. The number of nitrogens with zero attached hydrogens (tertiary/aromatic N) is 3. The number of hydrogen-bond acceptors (Lipinski definition) is 6. The molecule has 3 heterocycles. The zero-order valence-electron chi connectivity index (χ0n) is 21.4. The highest BCUT2D eigenvalue weighted by molar-refractivity contribution is 7.80. The number of aryl methyl sites for hydroxylation is 2. The van der Waals surface area contributed by atoms with Crippen molar-refractivity contribution in [3.05, 3.63) is 47.3 Å². The zero-order valence-corrected chi connectivity index (χ0v) is 22.3. The maximum atomic E-state index is 13.3. The van der Waals surface area contributed by atoms with Crippen LogP contribution in [-0.4, -0.2) is 57.9 Å². The van der Waals surface area contributed by atoms with Gasteiger partial charge in [0.05, 0.1) is 12.8 Å². The van der Waals surface area contributed by atoms with Gasteiger partial charge in [-0.3, -0.25) is 19.1 Å². The average Bonchev–Trinajstić information content (AvgIpc) is 3.37. The highest BCUT2D eigenvalue weighted by Crippen LogP contribution is 2.23. The molecule has 2 aromatic rings. The fourth-order valence-electron chi connectivity index (χ4n) is 4.88. The van der Waals surface area contributed by atoms with Gasteiger partial charge in [-0.05, 0) is 67.5 Å². The SMILES string of the molecule is Cc1ccc2cc1CNC(=O)C(c1cnn(CCCS)c1)NC(=O)CCC(=O)N1CCCC(CCO2)C1. The molecule has 4 rings (SSSR count). The highest BCUT2D eigenvalue weighted by Gasteiger charge is 2.27. The van der Waals surface area contributed by atoms with Crippen LogP contribution in [0.4, 0.5) is 0 Å². The lowest BCUT2D eigenvalue weighted by molar-refractivity contribution is -0.135. The lowest BCUT2D eigenvalue weighted by Gasteiger charge is -2.33. The van der Waals surface area contributed by atoms with Crippen molar-refractivity contribution in [2.45, 2.75) is 64.6 Å². The monoisotopic (exact) mass is 527 g/mol. The first-order chi connectivity index (χ1) is 17.9. The second-order valence-corrected chi connectivity index (χ2v) is 10.4. The molecule has 1 saturated heterocycles. The smallest absolute Gasteiger partial charge is 0.247 e. The predicted molar refractivity (Wildman–Crippen MR) is 143 cm³/mol. The molecule has 1 aromatic heterocycles. The maximum Gasteiger partial charge on any atom is 0.247 e. The molecule has 2 unspecified atom stereocenters. The van der Waals surface area contributed by atoms with Gasteiger partial charge in [-0.2, -0.15) is 17.7 Å². The van der Waals surface area contributed by atoms with Crippen LogP contribution in [0.15, 0.2) is 30.6 Å². The molecule has 200 valence electrons. The Bertz CT molecular complexity index is 1100. The number of ether oxygens (including phenoxy) is 1. The van der Waals surface area contributed by atoms with Crippen LogP contribution in [0.1, 0.15) is 61.3 Å². The van der Waals surface area contributed by atoms with Crippen LogP contribution >= 0.6 is 12.6 Å². The number of hydrogen-bond donors (Lipinski definition) is 3. The molecule has 2 N–H and O–H groups in total. The number of carbonyl (C=O) groups is 3. The molecule has 0 saturated carbocycles. The summed E-state index contributed by atoms with van der Waals surface area (Å²) in [5, 5.41) is 10.1. The normalized spacial score (nSPS) is 21.9. The number of amides is 3. The van der Waals surface area contributed by atoms with Crippen molar-refractivity contribution in [1.82, 2.24) is 25.3 Å². The quantitative estimate of drug-likeness (QED) is 0.531. The summed E-state index contributed by atoms with van der Waals surface area (Å²) in [4.78, 5) is 40.9. The largest absolute Gasteiger partial charge is 0.494 e. The molecule has 37 heavy (non-hydrogen) atoms. The Morgan fingerprint density at radius 3 is 2.89 bits per heavy atom. The summed E-state index contributed by atoms with van der Waals surface area (Å²) in [6.45, 7) is 4.95. The molecule has 2 aliphatic heterocycles. The number of benzene rings is 1. The fourth-order valence-corrected chi connectivity index (χ4v) is 5.02. The number of aromatic nitrogens is 2. The molecule has 2 atom stereocenters. The van der Waals surface area contributed by atoms with E-state index in [2.05, 4.69) is 28.4 Å². The number of rotatable bonds is 4. The van der Waals surface area contributed by atoms with Crippen molar-refractivity contribution in [2.75, 3.05) is 25.4 Å². The van der Waals surface area contributed by atoms with Crippen molar-refractivity contribution in [3.63, 3.8) is 0 Å². The van der Waals surface area contributed by atoms with Crippen LogP contribution in [0.5, 0.6) is 5.75 Å². The van der Waals surface area contributed by atoms with Crippen LogP contribution in [0.25, 0.3) is 0 Å². The van der Waals surface area contributed by atoms with Gasteiger partial charge < -0.3 is 20.3 Å². The Hall–Kier alpha value is -3.01. The Morgan fingerprint density at radius 2 is 2.05 bits per heavy atom. The first kappa shape index (κ1) is 27.0. The van der Waals surface area contributed by atoms with E-state index in [1.54, 1.807) is 17.1 Å². The molecule has 1 aromatic carbocycles. The highest BCUT2D eigenvalue weighted by atomic mass is 32.1. The molecule has 10 heteroatoms. The molecule has 4 bridgehead atoms. The van der Waals surface area contributed by atoms with Crippen molar-refractivity contribution in [2.24, 2.45) is 5.92 Å². The maximum absolute atomic E-state index is 13.3.